The molecule has 7 heteroatoms. The van der Waals surface area contributed by atoms with Crippen molar-refractivity contribution < 1.29 is 13.2 Å². The topological polar surface area (TPSA) is 79.2 Å². The monoisotopic (exact) mass is 322 g/mol. The number of rotatable bonds is 4. The third-order valence-corrected chi connectivity index (χ3v) is 4.38. The van der Waals surface area contributed by atoms with Crippen molar-refractivity contribution in [3.63, 3.8) is 0 Å². The highest BCUT2D eigenvalue weighted by molar-refractivity contribution is 7.92. The minimum absolute atomic E-state index is 0.0135. The van der Waals surface area contributed by atoms with E-state index in [0.29, 0.717) is 5.75 Å². The molecule has 2 aromatic rings. The molecule has 0 amide bonds. The summed E-state index contributed by atoms with van der Waals surface area (Å²) in [7, 11) is -2.36. The van der Waals surface area contributed by atoms with E-state index in [1.54, 1.807) is 6.07 Å². The summed E-state index contributed by atoms with van der Waals surface area (Å²) in [5.41, 5.74) is 0.466. The molecule has 108 valence electrons. The number of ether oxygens (including phenoxy) is 1. The van der Waals surface area contributed by atoms with Gasteiger partial charge in [-0.1, -0.05) is 17.7 Å². The van der Waals surface area contributed by atoms with Gasteiger partial charge in [-0.05, 0) is 30.3 Å². The molecule has 0 aliphatic rings. The number of hydrogen-bond acceptors (Lipinski definition) is 4. The molecule has 0 aromatic heterocycles. The summed E-state index contributed by atoms with van der Waals surface area (Å²) in [4.78, 5) is -0.0135. The van der Waals surface area contributed by atoms with Crippen LogP contribution in [0.5, 0.6) is 5.75 Å². The number of benzene rings is 2. The van der Waals surface area contributed by atoms with E-state index < -0.39 is 10.0 Å². The molecular formula is C14H11ClN2O3S. The Hall–Kier alpha value is -2.23. The maximum atomic E-state index is 12.3. The van der Waals surface area contributed by atoms with Crippen molar-refractivity contribution in [3.8, 4) is 11.8 Å². The zero-order valence-corrected chi connectivity index (χ0v) is 12.6. The van der Waals surface area contributed by atoms with E-state index in [9.17, 15) is 8.42 Å². The van der Waals surface area contributed by atoms with Crippen LogP contribution in [0.4, 0.5) is 5.69 Å². The first-order chi connectivity index (χ1) is 9.96. The predicted molar refractivity (Wildman–Crippen MR) is 80.0 cm³/mol. The van der Waals surface area contributed by atoms with Crippen LogP contribution in [0.15, 0.2) is 47.4 Å². The van der Waals surface area contributed by atoms with Crippen molar-refractivity contribution in [2.75, 3.05) is 11.8 Å². The molecule has 0 atom stereocenters. The smallest absolute Gasteiger partial charge is 0.261 e. The highest BCUT2D eigenvalue weighted by Gasteiger charge is 2.16. The molecule has 0 fully saturated rings. The van der Waals surface area contributed by atoms with Crippen molar-refractivity contribution in [1.29, 1.82) is 5.26 Å². The van der Waals surface area contributed by atoms with Crippen LogP contribution in [0.1, 0.15) is 5.56 Å². The lowest BCUT2D eigenvalue weighted by molar-refractivity contribution is 0.415. The largest absolute Gasteiger partial charge is 0.497 e. The van der Waals surface area contributed by atoms with Gasteiger partial charge in [-0.2, -0.15) is 5.26 Å². The molecule has 0 aliphatic carbocycles. The third-order valence-electron chi connectivity index (χ3n) is 2.69. The minimum Gasteiger partial charge on any atom is -0.497 e. The molecule has 0 saturated heterocycles. The standard InChI is InChI=1S/C14H11ClN2O3S/c1-20-11-5-6-13(15)14(8-11)17-21(18,19)12-4-2-3-10(7-12)9-16/h2-8,17H,1H3. The Labute approximate surface area is 127 Å². The van der Waals surface area contributed by atoms with Crippen LogP contribution >= 0.6 is 11.6 Å². The second kappa shape index (κ2) is 6.04. The predicted octanol–water partition coefficient (Wildman–Crippen LogP) is 3.02. The molecule has 1 N–H and O–H groups in total. The van der Waals surface area contributed by atoms with E-state index in [2.05, 4.69) is 4.72 Å². The lowest BCUT2D eigenvalue weighted by Crippen LogP contribution is -2.13. The van der Waals surface area contributed by atoms with Crippen molar-refractivity contribution in [2.24, 2.45) is 0 Å². The molecule has 0 aliphatic heterocycles. The Bertz CT molecular complexity index is 813. The van der Waals surface area contributed by atoms with Gasteiger partial charge in [0.25, 0.3) is 10.0 Å². The van der Waals surface area contributed by atoms with Gasteiger partial charge >= 0.3 is 0 Å². The Balaban J connectivity index is 2.40. The minimum atomic E-state index is -3.83. The van der Waals surface area contributed by atoms with Crippen LogP contribution < -0.4 is 9.46 Å². The molecule has 2 aromatic carbocycles. The summed E-state index contributed by atoms with van der Waals surface area (Å²) >= 11 is 5.97. The highest BCUT2D eigenvalue weighted by Crippen LogP contribution is 2.28. The van der Waals surface area contributed by atoms with Crippen molar-refractivity contribution in [1.82, 2.24) is 0 Å². The molecule has 0 heterocycles. The summed E-state index contributed by atoms with van der Waals surface area (Å²) in [6.07, 6.45) is 0. The number of hydrogen-bond donors (Lipinski definition) is 1. The van der Waals surface area contributed by atoms with Gasteiger partial charge in [0, 0.05) is 6.07 Å². The number of anilines is 1. The van der Waals surface area contributed by atoms with Crippen molar-refractivity contribution >= 4 is 27.3 Å². The van der Waals surface area contributed by atoms with Crippen LogP contribution in [-0.4, -0.2) is 15.5 Å². The van der Waals surface area contributed by atoms with Gasteiger partial charge < -0.3 is 4.74 Å². The molecule has 0 spiro atoms. The van der Waals surface area contributed by atoms with Crippen molar-refractivity contribution in [2.45, 2.75) is 4.90 Å². The molecule has 5 nitrogen and oxygen atoms in total. The fourth-order valence-corrected chi connectivity index (χ4v) is 2.98. The molecule has 21 heavy (non-hydrogen) atoms. The van der Waals surface area contributed by atoms with Gasteiger partial charge in [-0.15, -0.1) is 0 Å². The number of sulfonamides is 1. The molecule has 0 saturated carbocycles. The van der Waals surface area contributed by atoms with Crippen LogP contribution in [0, 0.1) is 11.3 Å². The average Bonchev–Trinajstić information content (AvgIpc) is 2.49. The first kappa shape index (κ1) is 15.2. The lowest BCUT2D eigenvalue weighted by atomic mass is 10.2. The third kappa shape index (κ3) is 3.45. The fraction of sp³-hybridized carbons (Fsp3) is 0.0714. The van der Waals surface area contributed by atoms with E-state index in [1.807, 2.05) is 6.07 Å². The lowest BCUT2D eigenvalue weighted by Gasteiger charge is -2.11. The Kier molecular flexibility index (Phi) is 4.36. The maximum absolute atomic E-state index is 12.3. The summed E-state index contributed by atoms with van der Waals surface area (Å²) in [5.74, 6) is 0.475. The molecule has 0 unspecified atom stereocenters. The van der Waals surface area contributed by atoms with Crippen molar-refractivity contribution in [3.05, 3.63) is 53.1 Å². The first-order valence-electron chi connectivity index (χ1n) is 5.83. The summed E-state index contributed by atoms with van der Waals surface area (Å²) < 4.78 is 32.0. The Morgan fingerprint density at radius 2 is 2.00 bits per heavy atom. The van der Waals surface area contributed by atoms with Crippen LogP contribution in [0.25, 0.3) is 0 Å². The van der Waals surface area contributed by atoms with Gasteiger partial charge in [-0.3, -0.25) is 4.72 Å². The number of nitrogens with one attached hydrogen (secondary N) is 1. The second-order valence-electron chi connectivity index (χ2n) is 4.09. The number of nitriles is 1. The Morgan fingerprint density at radius 3 is 2.67 bits per heavy atom. The van der Waals surface area contributed by atoms with E-state index in [0.717, 1.165) is 0 Å². The summed E-state index contributed by atoms with van der Waals surface area (Å²) in [5, 5.41) is 9.07. The zero-order chi connectivity index (χ0) is 15.5. The fourth-order valence-electron chi connectivity index (χ4n) is 1.65. The molecular weight excluding hydrogens is 312 g/mol. The maximum Gasteiger partial charge on any atom is 0.261 e. The molecule has 2 rings (SSSR count). The van der Waals surface area contributed by atoms with Gasteiger partial charge in [0.15, 0.2) is 0 Å². The van der Waals surface area contributed by atoms with Gasteiger partial charge in [0.2, 0.25) is 0 Å². The van der Waals surface area contributed by atoms with E-state index in [4.69, 9.17) is 21.6 Å². The van der Waals surface area contributed by atoms with E-state index in [-0.39, 0.29) is 21.2 Å². The second-order valence-corrected chi connectivity index (χ2v) is 6.18. The van der Waals surface area contributed by atoms with Crippen LogP contribution in [-0.2, 0) is 10.0 Å². The Morgan fingerprint density at radius 1 is 1.24 bits per heavy atom. The van der Waals surface area contributed by atoms with Gasteiger partial charge in [0.1, 0.15) is 5.75 Å². The van der Waals surface area contributed by atoms with Crippen LogP contribution in [0.2, 0.25) is 5.02 Å². The van der Waals surface area contributed by atoms with E-state index >= 15 is 0 Å². The van der Waals surface area contributed by atoms with Gasteiger partial charge in [0.05, 0.1) is 34.3 Å². The quantitative estimate of drug-likeness (QED) is 0.938. The summed E-state index contributed by atoms with van der Waals surface area (Å²) in [6, 6.07) is 12.2. The molecule has 0 bridgehead atoms. The zero-order valence-electron chi connectivity index (χ0n) is 11.0. The normalized spacial score (nSPS) is 10.7. The van der Waals surface area contributed by atoms with E-state index in [1.165, 1.54) is 43.5 Å². The SMILES string of the molecule is COc1ccc(Cl)c(NS(=O)(=O)c2cccc(C#N)c2)c1. The summed E-state index contributed by atoms with van der Waals surface area (Å²) in [6.45, 7) is 0. The number of nitrogens with zero attached hydrogens (tertiary/aromatic N) is 1. The van der Waals surface area contributed by atoms with Gasteiger partial charge in [-0.25, -0.2) is 8.42 Å². The number of methoxy groups -OCH3 is 1. The number of halogens is 1. The highest BCUT2D eigenvalue weighted by atomic mass is 35.5. The average molecular weight is 323 g/mol. The molecule has 0 radical (unpaired) electrons. The van der Waals surface area contributed by atoms with Crippen LogP contribution in [0.3, 0.4) is 0 Å². The first-order valence-corrected chi connectivity index (χ1v) is 7.69.